The van der Waals surface area contributed by atoms with Gasteiger partial charge in [0.1, 0.15) is 6.54 Å². The van der Waals surface area contributed by atoms with Crippen LogP contribution in [0, 0.1) is 13.8 Å². The molecule has 29 heavy (non-hydrogen) atoms. The van der Waals surface area contributed by atoms with Crippen molar-refractivity contribution in [2.75, 3.05) is 18.4 Å². The number of hydrogen-bond acceptors (Lipinski definition) is 4. The number of aryl methyl sites for hydroxylation is 2. The van der Waals surface area contributed by atoms with Crippen molar-refractivity contribution in [3.63, 3.8) is 0 Å². The molecule has 0 saturated carbocycles. The highest BCUT2D eigenvalue weighted by atomic mass is 32.2. The highest BCUT2D eigenvalue weighted by molar-refractivity contribution is 7.89. The van der Waals surface area contributed by atoms with E-state index in [2.05, 4.69) is 10.3 Å². The maximum atomic E-state index is 12.7. The molecule has 1 amide bonds. The van der Waals surface area contributed by atoms with Gasteiger partial charge in [-0.2, -0.15) is 4.31 Å². The van der Waals surface area contributed by atoms with Gasteiger partial charge in [0.25, 0.3) is 0 Å². The van der Waals surface area contributed by atoms with Gasteiger partial charge < -0.3 is 9.88 Å². The van der Waals surface area contributed by atoms with E-state index >= 15 is 0 Å². The molecule has 3 rings (SSSR count). The van der Waals surface area contributed by atoms with E-state index in [-0.39, 0.29) is 17.3 Å². The molecular formula is C21H26N4O3S. The van der Waals surface area contributed by atoms with E-state index in [0.717, 1.165) is 22.2 Å². The Balaban J connectivity index is 1.79. The molecule has 1 N–H and O–H groups in total. The number of nitrogens with one attached hydrogen (secondary N) is 1. The van der Waals surface area contributed by atoms with Gasteiger partial charge in [0.2, 0.25) is 15.9 Å². The number of carbonyl (C=O) groups is 1. The highest BCUT2D eigenvalue weighted by Crippen LogP contribution is 2.21. The number of aromatic nitrogens is 2. The molecule has 0 bridgehead atoms. The molecule has 2 aromatic carbocycles. The Bertz CT molecular complexity index is 1150. The van der Waals surface area contributed by atoms with Crippen LogP contribution in [0.1, 0.15) is 25.0 Å². The third kappa shape index (κ3) is 4.33. The van der Waals surface area contributed by atoms with E-state index in [4.69, 9.17) is 0 Å². The van der Waals surface area contributed by atoms with Crippen LogP contribution in [0.2, 0.25) is 0 Å². The molecule has 0 saturated heterocycles. The van der Waals surface area contributed by atoms with Crippen LogP contribution in [0.3, 0.4) is 0 Å². The van der Waals surface area contributed by atoms with Gasteiger partial charge in [-0.15, -0.1) is 0 Å². The average Bonchev–Trinajstić information content (AvgIpc) is 3.04. The fourth-order valence-corrected chi connectivity index (χ4v) is 4.75. The van der Waals surface area contributed by atoms with Gasteiger partial charge in [-0.3, -0.25) is 4.79 Å². The quantitative estimate of drug-likeness (QED) is 0.643. The number of fused-ring (bicyclic) bond motifs is 1. The maximum Gasteiger partial charge on any atom is 0.244 e. The molecule has 0 aliphatic heterocycles. The van der Waals surface area contributed by atoms with E-state index in [1.807, 2.05) is 26.0 Å². The zero-order valence-corrected chi connectivity index (χ0v) is 18.0. The summed E-state index contributed by atoms with van der Waals surface area (Å²) in [6.45, 7) is 8.51. The summed E-state index contributed by atoms with van der Waals surface area (Å²) < 4.78 is 28.6. The van der Waals surface area contributed by atoms with Gasteiger partial charge in [0.05, 0.1) is 22.3 Å². The molecular weight excluding hydrogens is 388 g/mol. The largest absolute Gasteiger partial charge is 0.324 e. The van der Waals surface area contributed by atoms with Crippen molar-refractivity contribution in [3.8, 4) is 0 Å². The van der Waals surface area contributed by atoms with Gasteiger partial charge in [-0.05, 0) is 55.3 Å². The number of amides is 1. The number of benzene rings is 2. The van der Waals surface area contributed by atoms with Crippen molar-refractivity contribution in [2.24, 2.45) is 0 Å². The number of imidazole rings is 1. The summed E-state index contributed by atoms with van der Waals surface area (Å²) in [6, 6.07) is 10.4. The molecule has 0 aliphatic carbocycles. The summed E-state index contributed by atoms with van der Waals surface area (Å²) >= 11 is 0. The number of anilines is 1. The van der Waals surface area contributed by atoms with Crippen LogP contribution in [0.15, 0.2) is 47.6 Å². The van der Waals surface area contributed by atoms with E-state index in [9.17, 15) is 13.2 Å². The molecule has 0 atom stereocenters. The number of hydrogen-bond donors (Lipinski definition) is 1. The number of sulfonamides is 1. The van der Waals surface area contributed by atoms with Crippen LogP contribution in [0.5, 0.6) is 0 Å². The zero-order valence-electron chi connectivity index (χ0n) is 17.1. The van der Waals surface area contributed by atoms with Crippen LogP contribution >= 0.6 is 0 Å². The van der Waals surface area contributed by atoms with Crippen LogP contribution in [-0.2, 0) is 21.4 Å². The van der Waals surface area contributed by atoms with Crippen molar-refractivity contribution in [1.82, 2.24) is 13.9 Å². The monoisotopic (exact) mass is 414 g/mol. The second-order valence-electron chi connectivity index (χ2n) is 6.96. The lowest BCUT2D eigenvalue weighted by atomic mass is 10.1. The lowest BCUT2D eigenvalue weighted by Gasteiger charge is -2.18. The van der Waals surface area contributed by atoms with E-state index in [1.54, 1.807) is 36.9 Å². The average molecular weight is 415 g/mol. The van der Waals surface area contributed by atoms with Crippen LogP contribution < -0.4 is 5.32 Å². The van der Waals surface area contributed by atoms with Crippen molar-refractivity contribution < 1.29 is 13.2 Å². The molecule has 0 aliphatic rings. The molecule has 0 fully saturated rings. The summed E-state index contributed by atoms with van der Waals surface area (Å²) in [5.41, 5.74) is 4.46. The Morgan fingerprint density at radius 1 is 1.10 bits per heavy atom. The van der Waals surface area contributed by atoms with Gasteiger partial charge in [0.15, 0.2) is 0 Å². The number of rotatable bonds is 7. The summed E-state index contributed by atoms with van der Waals surface area (Å²) in [5, 5.41) is 2.79. The Hall–Kier alpha value is -2.71. The molecule has 0 unspecified atom stereocenters. The first-order chi connectivity index (χ1) is 13.8. The Kier molecular flexibility index (Phi) is 6.04. The first-order valence-electron chi connectivity index (χ1n) is 9.58. The smallest absolute Gasteiger partial charge is 0.244 e. The fourth-order valence-electron chi connectivity index (χ4n) is 3.24. The summed E-state index contributed by atoms with van der Waals surface area (Å²) in [4.78, 5) is 17.1. The lowest BCUT2D eigenvalue weighted by Crippen LogP contribution is -2.30. The summed E-state index contributed by atoms with van der Waals surface area (Å²) in [5.74, 6) is -0.250. The second-order valence-corrected chi connectivity index (χ2v) is 8.90. The minimum atomic E-state index is -3.58. The topological polar surface area (TPSA) is 84.3 Å². The maximum absolute atomic E-state index is 12.7. The minimum Gasteiger partial charge on any atom is -0.324 e. The van der Waals surface area contributed by atoms with E-state index in [0.29, 0.717) is 18.8 Å². The molecule has 0 radical (unpaired) electrons. The standard InChI is InChI=1S/C21H26N4O3S/c1-5-25(6-2)29(27,28)18-9-7-8-17(12-18)23-21(26)13-24-14-22-19-10-15(3)16(4)11-20(19)24/h7-12,14H,5-6,13H2,1-4H3,(H,23,26). The van der Waals surface area contributed by atoms with Gasteiger partial charge in [0, 0.05) is 18.8 Å². The number of nitrogens with zero attached hydrogens (tertiary/aromatic N) is 3. The van der Waals surface area contributed by atoms with E-state index in [1.165, 1.54) is 16.4 Å². The highest BCUT2D eigenvalue weighted by Gasteiger charge is 2.22. The van der Waals surface area contributed by atoms with E-state index < -0.39 is 10.0 Å². The number of carbonyl (C=O) groups excluding carboxylic acids is 1. The van der Waals surface area contributed by atoms with Gasteiger partial charge >= 0.3 is 0 Å². The SMILES string of the molecule is CCN(CC)S(=O)(=O)c1cccc(NC(=O)Cn2cnc3cc(C)c(C)cc32)c1. The van der Waals surface area contributed by atoms with Crippen molar-refractivity contribution in [3.05, 3.63) is 53.9 Å². The Morgan fingerprint density at radius 3 is 2.48 bits per heavy atom. The first-order valence-corrected chi connectivity index (χ1v) is 11.0. The molecule has 7 nitrogen and oxygen atoms in total. The Morgan fingerprint density at radius 2 is 1.79 bits per heavy atom. The van der Waals surface area contributed by atoms with Crippen molar-refractivity contribution in [2.45, 2.75) is 39.1 Å². The first kappa shape index (κ1) is 21.0. The van der Waals surface area contributed by atoms with Crippen LogP contribution in [-0.4, -0.2) is 41.3 Å². The van der Waals surface area contributed by atoms with Crippen LogP contribution in [0.25, 0.3) is 11.0 Å². The molecule has 8 heteroatoms. The molecule has 3 aromatic rings. The van der Waals surface area contributed by atoms with Crippen molar-refractivity contribution in [1.29, 1.82) is 0 Å². The third-order valence-corrected chi connectivity index (χ3v) is 7.06. The fraction of sp³-hybridized carbons (Fsp3) is 0.333. The molecule has 1 aromatic heterocycles. The predicted octanol–water partition coefficient (Wildman–Crippen LogP) is 3.32. The molecule has 0 spiro atoms. The Labute approximate surface area is 171 Å². The van der Waals surface area contributed by atoms with Gasteiger partial charge in [-0.25, -0.2) is 13.4 Å². The van der Waals surface area contributed by atoms with Crippen LogP contribution in [0.4, 0.5) is 5.69 Å². The van der Waals surface area contributed by atoms with Gasteiger partial charge in [-0.1, -0.05) is 19.9 Å². The zero-order chi connectivity index (χ0) is 21.2. The summed E-state index contributed by atoms with van der Waals surface area (Å²) in [7, 11) is -3.58. The normalized spacial score (nSPS) is 11.9. The lowest BCUT2D eigenvalue weighted by molar-refractivity contribution is -0.116. The third-order valence-electron chi connectivity index (χ3n) is 5.01. The minimum absolute atomic E-state index is 0.0893. The second kappa shape index (κ2) is 8.34. The molecule has 154 valence electrons. The summed E-state index contributed by atoms with van der Waals surface area (Å²) in [6.07, 6.45) is 1.64. The van der Waals surface area contributed by atoms with Crippen molar-refractivity contribution >= 4 is 32.7 Å². The predicted molar refractivity (Wildman–Crippen MR) is 114 cm³/mol. The molecule has 1 heterocycles.